The Balaban J connectivity index is 2.44. The number of nitro benzene ring substituents is 1. The molecule has 0 aliphatic carbocycles. The summed E-state index contributed by atoms with van der Waals surface area (Å²) in [7, 11) is -3.14. The van der Waals surface area contributed by atoms with E-state index in [4.69, 9.17) is 4.52 Å². The standard InChI is InChI=1S/C16H17BrN3O6P/c1-11(16(21)18-2)19(13-5-7-14(8-6-13)20(22)23)27(24,25)26-15-9-3-12(17)4-10-15/h3-11H,1-2H3,(H,18,21)(H,24,25)/t11-/m0/s1. The summed E-state index contributed by atoms with van der Waals surface area (Å²) in [6.45, 7) is 1.42. The van der Waals surface area contributed by atoms with Crippen molar-refractivity contribution in [2.45, 2.75) is 13.0 Å². The molecule has 9 nitrogen and oxygen atoms in total. The average Bonchev–Trinajstić information content (AvgIpc) is 2.63. The number of nitrogens with one attached hydrogen (secondary N) is 1. The van der Waals surface area contributed by atoms with Crippen LogP contribution in [0, 0.1) is 10.1 Å². The highest BCUT2D eigenvalue weighted by Crippen LogP contribution is 2.50. The fourth-order valence-electron chi connectivity index (χ4n) is 2.31. The number of hydrogen-bond acceptors (Lipinski definition) is 5. The second-order valence-electron chi connectivity index (χ2n) is 5.44. The molecule has 2 N–H and O–H groups in total. The van der Waals surface area contributed by atoms with Crippen LogP contribution in [0.4, 0.5) is 11.4 Å². The zero-order valence-electron chi connectivity index (χ0n) is 14.4. The van der Waals surface area contributed by atoms with Gasteiger partial charge in [0.15, 0.2) is 0 Å². The number of benzene rings is 2. The quantitative estimate of drug-likeness (QED) is 0.370. The summed E-state index contributed by atoms with van der Waals surface area (Å²) in [5, 5.41) is 13.2. The van der Waals surface area contributed by atoms with Gasteiger partial charge in [-0.1, -0.05) is 15.9 Å². The van der Waals surface area contributed by atoms with Crippen molar-refractivity contribution in [1.82, 2.24) is 5.32 Å². The maximum Gasteiger partial charge on any atom is 0.487 e. The molecule has 0 heterocycles. The van der Waals surface area contributed by atoms with Gasteiger partial charge in [-0.3, -0.25) is 24.5 Å². The van der Waals surface area contributed by atoms with Crippen LogP contribution in [-0.2, 0) is 9.36 Å². The Hall–Kier alpha value is -2.42. The molecule has 0 bridgehead atoms. The van der Waals surface area contributed by atoms with Crippen molar-refractivity contribution in [2.24, 2.45) is 0 Å². The van der Waals surface area contributed by atoms with Crippen LogP contribution in [0.15, 0.2) is 53.0 Å². The van der Waals surface area contributed by atoms with Crippen LogP contribution in [0.1, 0.15) is 6.92 Å². The molecule has 0 saturated heterocycles. The molecule has 1 unspecified atom stereocenters. The summed E-state index contributed by atoms with van der Waals surface area (Å²) >= 11 is 3.26. The summed E-state index contributed by atoms with van der Waals surface area (Å²) in [6, 6.07) is 10.1. The molecule has 2 aromatic rings. The van der Waals surface area contributed by atoms with Crippen molar-refractivity contribution >= 4 is 41.0 Å². The molecule has 0 spiro atoms. The van der Waals surface area contributed by atoms with Gasteiger partial charge in [0.25, 0.3) is 5.69 Å². The first-order chi connectivity index (χ1) is 12.7. The van der Waals surface area contributed by atoms with Gasteiger partial charge in [0.1, 0.15) is 11.8 Å². The van der Waals surface area contributed by atoms with Gasteiger partial charge in [-0.05, 0) is 43.3 Å². The smallest absolute Gasteiger partial charge is 0.409 e. The van der Waals surface area contributed by atoms with Gasteiger partial charge >= 0.3 is 7.75 Å². The third-order valence-corrected chi connectivity index (χ3v) is 5.73. The van der Waals surface area contributed by atoms with E-state index in [2.05, 4.69) is 21.2 Å². The number of rotatable bonds is 7. The molecule has 2 aromatic carbocycles. The predicted octanol–water partition coefficient (Wildman–Crippen LogP) is 3.48. The van der Waals surface area contributed by atoms with Gasteiger partial charge in [0.05, 0.1) is 4.92 Å². The lowest BCUT2D eigenvalue weighted by atomic mass is 10.2. The van der Waals surface area contributed by atoms with E-state index in [1.807, 2.05) is 0 Å². The summed E-state index contributed by atoms with van der Waals surface area (Å²) in [6.07, 6.45) is 0. The molecule has 0 aliphatic heterocycles. The van der Waals surface area contributed by atoms with E-state index in [0.717, 1.165) is 9.14 Å². The predicted molar refractivity (Wildman–Crippen MR) is 104 cm³/mol. The maximum absolute atomic E-state index is 13.0. The highest BCUT2D eigenvalue weighted by atomic mass is 79.9. The molecule has 144 valence electrons. The summed E-state index contributed by atoms with van der Waals surface area (Å²) in [5.74, 6) is -0.401. The molecule has 27 heavy (non-hydrogen) atoms. The molecule has 0 saturated carbocycles. The third kappa shape index (κ3) is 5.06. The summed E-state index contributed by atoms with van der Waals surface area (Å²) in [4.78, 5) is 32.9. The van der Waals surface area contributed by atoms with Gasteiger partial charge in [0, 0.05) is 29.3 Å². The molecular formula is C16H17BrN3O6P. The Kier molecular flexibility index (Phi) is 6.59. The van der Waals surface area contributed by atoms with Crippen LogP contribution in [-0.4, -0.2) is 28.8 Å². The number of non-ortho nitro benzene ring substituents is 1. The summed E-state index contributed by atoms with van der Waals surface area (Å²) < 4.78 is 19.9. The van der Waals surface area contributed by atoms with Gasteiger partial charge in [0.2, 0.25) is 5.91 Å². The third-order valence-electron chi connectivity index (χ3n) is 3.63. The number of carbonyl (C=O) groups excluding carboxylic acids is 1. The van der Waals surface area contributed by atoms with E-state index in [0.29, 0.717) is 0 Å². The van der Waals surface area contributed by atoms with Crippen molar-refractivity contribution < 1.29 is 23.7 Å². The van der Waals surface area contributed by atoms with Crippen LogP contribution < -0.4 is 14.5 Å². The fraction of sp³-hybridized carbons (Fsp3) is 0.188. The minimum Gasteiger partial charge on any atom is -0.409 e. The Morgan fingerprint density at radius 2 is 1.81 bits per heavy atom. The normalized spacial score (nSPS) is 13.9. The first-order valence-corrected chi connectivity index (χ1v) is 10.0. The van der Waals surface area contributed by atoms with Gasteiger partial charge in [-0.15, -0.1) is 0 Å². The van der Waals surface area contributed by atoms with E-state index in [1.165, 1.54) is 50.4 Å². The Bertz CT molecular complexity index is 875. The molecule has 2 atom stereocenters. The second kappa shape index (κ2) is 8.51. The Labute approximate surface area is 163 Å². The van der Waals surface area contributed by atoms with E-state index in [-0.39, 0.29) is 17.1 Å². The zero-order chi connectivity index (χ0) is 20.2. The first kappa shape index (κ1) is 20.9. The molecule has 0 fully saturated rings. The summed E-state index contributed by atoms with van der Waals surface area (Å²) in [5.41, 5.74) is -0.0625. The van der Waals surface area contributed by atoms with Gasteiger partial charge < -0.3 is 9.84 Å². The van der Waals surface area contributed by atoms with E-state index < -0.39 is 24.6 Å². The number of anilines is 1. The largest absolute Gasteiger partial charge is 0.487 e. The van der Waals surface area contributed by atoms with Crippen LogP contribution in [0.5, 0.6) is 5.75 Å². The topological polar surface area (TPSA) is 122 Å². The minimum absolute atomic E-state index is 0.125. The minimum atomic E-state index is -4.54. The molecular weight excluding hydrogens is 441 g/mol. The number of hydrogen-bond donors (Lipinski definition) is 2. The SMILES string of the molecule is CNC(=O)[C@H](C)N(c1ccc([N+](=O)[O-])cc1)P(=O)(O)Oc1ccc(Br)cc1. The van der Waals surface area contributed by atoms with Crippen molar-refractivity contribution in [1.29, 1.82) is 0 Å². The zero-order valence-corrected chi connectivity index (χ0v) is 16.9. The fourth-order valence-corrected chi connectivity index (χ4v) is 4.03. The lowest BCUT2D eigenvalue weighted by molar-refractivity contribution is -0.384. The molecule has 0 radical (unpaired) electrons. The number of nitrogens with zero attached hydrogens (tertiary/aromatic N) is 2. The van der Waals surface area contributed by atoms with Crippen molar-refractivity contribution in [2.75, 3.05) is 11.7 Å². The van der Waals surface area contributed by atoms with E-state index >= 15 is 0 Å². The highest BCUT2D eigenvalue weighted by Gasteiger charge is 2.38. The first-order valence-electron chi connectivity index (χ1n) is 7.69. The monoisotopic (exact) mass is 457 g/mol. The number of carbonyl (C=O) groups is 1. The molecule has 0 aromatic heterocycles. The molecule has 0 aliphatic rings. The van der Waals surface area contributed by atoms with Crippen LogP contribution in [0.3, 0.4) is 0 Å². The van der Waals surface area contributed by atoms with Crippen LogP contribution >= 0.6 is 23.7 Å². The van der Waals surface area contributed by atoms with Crippen LogP contribution in [0.25, 0.3) is 0 Å². The highest BCUT2D eigenvalue weighted by molar-refractivity contribution is 9.10. The van der Waals surface area contributed by atoms with Crippen molar-refractivity contribution in [3.05, 3.63) is 63.1 Å². The number of amides is 1. The van der Waals surface area contributed by atoms with Gasteiger partial charge in [-0.25, -0.2) is 4.57 Å². The van der Waals surface area contributed by atoms with Crippen molar-refractivity contribution in [3.8, 4) is 5.75 Å². The van der Waals surface area contributed by atoms with Crippen molar-refractivity contribution in [3.63, 3.8) is 0 Å². The lowest BCUT2D eigenvalue weighted by Gasteiger charge is -2.32. The average molecular weight is 458 g/mol. The Morgan fingerprint density at radius 3 is 2.30 bits per heavy atom. The van der Waals surface area contributed by atoms with Crippen LogP contribution in [0.2, 0.25) is 0 Å². The lowest BCUT2D eigenvalue weighted by Crippen LogP contribution is -2.43. The second-order valence-corrected chi connectivity index (χ2v) is 7.95. The number of nitro groups is 1. The van der Waals surface area contributed by atoms with E-state index in [9.17, 15) is 24.4 Å². The molecule has 1 amide bonds. The molecule has 2 rings (SSSR count). The molecule has 11 heteroatoms. The van der Waals surface area contributed by atoms with Gasteiger partial charge in [-0.2, -0.15) is 0 Å². The van der Waals surface area contributed by atoms with E-state index in [1.54, 1.807) is 12.1 Å². The number of likely N-dealkylation sites (N-methyl/N-ethyl adjacent to an activating group) is 1. The Morgan fingerprint density at radius 1 is 1.26 bits per heavy atom. The maximum atomic E-state index is 13.0. The number of halogens is 1.